The van der Waals surface area contributed by atoms with Crippen LogP contribution in [0.4, 0.5) is 0 Å². The summed E-state index contributed by atoms with van der Waals surface area (Å²) in [5, 5.41) is 11.7. The van der Waals surface area contributed by atoms with E-state index in [1.165, 1.54) is 22.1 Å². The number of pyridine rings is 1. The molecule has 1 N–H and O–H groups in total. The minimum atomic E-state index is -0.0415. The lowest BCUT2D eigenvalue weighted by molar-refractivity contribution is 0.474. The monoisotopic (exact) mass is 616 g/mol. The summed E-state index contributed by atoms with van der Waals surface area (Å²) in [6.07, 6.45) is 1.91. The fourth-order valence-electron chi connectivity index (χ4n) is 6.26. The number of phenolic OH excluding ortho intramolecular Hbond substituents is 1. The van der Waals surface area contributed by atoms with Crippen molar-refractivity contribution in [3.8, 4) is 50.6 Å². The topological polar surface area (TPSA) is 59.2 Å². The molecule has 47 heavy (non-hydrogen) atoms. The van der Waals surface area contributed by atoms with E-state index in [4.69, 9.17) is 14.4 Å². The molecule has 0 saturated heterocycles. The van der Waals surface area contributed by atoms with Gasteiger partial charge in [0.15, 0.2) is 5.58 Å². The first-order valence-corrected chi connectivity index (χ1v) is 16.2. The molecule has 0 saturated carbocycles. The number of fused-ring (bicyclic) bond motifs is 2. The van der Waals surface area contributed by atoms with Gasteiger partial charge < -0.3 is 9.52 Å². The minimum Gasteiger partial charge on any atom is -0.507 e. The highest BCUT2D eigenvalue weighted by molar-refractivity contribution is 5.99. The number of rotatable bonds is 4. The van der Waals surface area contributed by atoms with E-state index >= 15 is 0 Å². The van der Waals surface area contributed by atoms with E-state index in [0.29, 0.717) is 17.0 Å². The fraction of sp³-hybridized carbons (Fsp3) is 0.209. The highest BCUT2D eigenvalue weighted by atomic mass is 16.3. The molecule has 0 fully saturated rings. The van der Waals surface area contributed by atoms with Crippen LogP contribution in [0.1, 0.15) is 58.2 Å². The molecular weight excluding hydrogens is 576 g/mol. The van der Waals surface area contributed by atoms with Gasteiger partial charge in [0.05, 0.1) is 11.1 Å². The Kier molecular flexibility index (Phi) is 7.28. The number of nitrogens with zero attached hydrogens (tertiary/aromatic N) is 2. The summed E-state index contributed by atoms with van der Waals surface area (Å²) in [6, 6.07) is 35.6. The van der Waals surface area contributed by atoms with Gasteiger partial charge >= 0.3 is 0 Å². The molecule has 0 aliphatic rings. The van der Waals surface area contributed by atoms with Crippen molar-refractivity contribution >= 4 is 22.0 Å². The van der Waals surface area contributed by atoms with Crippen molar-refractivity contribution in [1.29, 1.82) is 0 Å². The summed E-state index contributed by atoms with van der Waals surface area (Å²) in [5.74, 6) is 0.528. The molecule has 0 unspecified atom stereocenters. The van der Waals surface area contributed by atoms with Crippen LogP contribution < -0.4 is 0 Å². The van der Waals surface area contributed by atoms with E-state index < -0.39 is 0 Å². The third-order valence-corrected chi connectivity index (χ3v) is 9.12. The molecule has 7 rings (SSSR count). The van der Waals surface area contributed by atoms with E-state index in [-0.39, 0.29) is 16.6 Å². The molecule has 4 nitrogen and oxygen atoms in total. The molecule has 7 aromatic rings. The standard InChI is InChI=1S/C43H40N2O2/c1-26-19-20-44-39-35(26)24-32(43(5,6)7)25-36(39)30-22-28(27-15-17-31(18-16-27)42(2,3)4)21-29(23-30)33-12-10-14-38-40(33)45-41(47-38)34-11-8-9-13-37(34)46/h8-25,46H,1-7H3. The van der Waals surface area contributed by atoms with Gasteiger partial charge in [-0.15, -0.1) is 0 Å². The average molecular weight is 617 g/mol. The number of oxazole rings is 1. The van der Waals surface area contributed by atoms with Gasteiger partial charge in [-0.05, 0) is 111 Å². The van der Waals surface area contributed by atoms with E-state index in [1.54, 1.807) is 12.1 Å². The van der Waals surface area contributed by atoms with Gasteiger partial charge in [0.2, 0.25) is 5.89 Å². The molecule has 0 atom stereocenters. The van der Waals surface area contributed by atoms with Crippen molar-refractivity contribution in [3.05, 3.63) is 126 Å². The number of aromatic hydroxyl groups is 1. The van der Waals surface area contributed by atoms with E-state index in [9.17, 15) is 5.11 Å². The summed E-state index contributed by atoms with van der Waals surface area (Å²) in [5.41, 5.74) is 13.2. The second kappa shape index (κ2) is 11.2. The number of hydrogen-bond donors (Lipinski definition) is 1. The molecule has 0 radical (unpaired) electrons. The molecule has 0 spiro atoms. The maximum atomic E-state index is 10.5. The average Bonchev–Trinajstić information content (AvgIpc) is 3.48. The van der Waals surface area contributed by atoms with Crippen molar-refractivity contribution in [2.24, 2.45) is 0 Å². The highest BCUT2D eigenvalue weighted by Crippen LogP contribution is 2.41. The molecule has 4 heteroatoms. The Morgan fingerprint density at radius 1 is 0.574 bits per heavy atom. The number of para-hydroxylation sites is 2. The Hall–Kier alpha value is -5.22. The van der Waals surface area contributed by atoms with Gasteiger partial charge in [-0.2, -0.15) is 0 Å². The quantitative estimate of drug-likeness (QED) is 0.214. The third-order valence-electron chi connectivity index (χ3n) is 9.12. The number of hydrogen-bond acceptors (Lipinski definition) is 4. The zero-order valence-electron chi connectivity index (χ0n) is 28.1. The van der Waals surface area contributed by atoms with Crippen molar-refractivity contribution in [1.82, 2.24) is 9.97 Å². The molecule has 234 valence electrons. The Labute approximate surface area is 276 Å². The zero-order chi connectivity index (χ0) is 33.1. The van der Waals surface area contributed by atoms with Crippen molar-refractivity contribution in [2.75, 3.05) is 0 Å². The number of aromatic nitrogens is 2. The van der Waals surface area contributed by atoms with Crippen molar-refractivity contribution in [2.45, 2.75) is 59.3 Å². The summed E-state index contributed by atoms with van der Waals surface area (Å²) < 4.78 is 6.21. The zero-order valence-corrected chi connectivity index (χ0v) is 28.1. The molecule has 2 heterocycles. The number of aryl methyl sites for hydroxylation is 1. The van der Waals surface area contributed by atoms with Crippen molar-refractivity contribution < 1.29 is 9.52 Å². The lowest BCUT2D eigenvalue weighted by Crippen LogP contribution is -2.11. The second-order valence-electron chi connectivity index (χ2n) is 14.6. The Bertz CT molecular complexity index is 2280. The summed E-state index contributed by atoms with van der Waals surface area (Å²) >= 11 is 0. The lowest BCUT2D eigenvalue weighted by Gasteiger charge is -2.22. The van der Waals surface area contributed by atoms with Crippen LogP contribution >= 0.6 is 0 Å². The number of benzene rings is 5. The maximum absolute atomic E-state index is 10.5. The van der Waals surface area contributed by atoms with Gasteiger partial charge in [0.25, 0.3) is 0 Å². The van der Waals surface area contributed by atoms with Crippen molar-refractivity contribution in [3.63, 3.8) is 0 Å². The summed E-state index contributed by atoms with van der Waals surface area (Å²) in [4.78, 5) is 9.86. The predicted molar refractivity (Wildman–Crippen MR) is 195 cm³/mol. The van der Waals surface area contributed by atoms with Crippen LogP contribution in [0.5, 0.6) is 5.75 Å². The lowest BCUT2D eigenvalue weighted by atomic mass is 9.82. The first-order chi connectivity index (χ1) is 22.4. The SMILES string of the molecule is Cc1ccnc2c(-c3cc(-c4ccc(C(C)(C)C)cc4)cc(-c4cccc5oc(-c6ccccc6O)nc45)c3)cc(C(C)(C)C)cc12. The maximum Gasteiger partial charge on any atom is 0.231 e. The third kappa shape index (κ3) is 5.69. The van der Waals surface area contributed by atoms with Crippen LogP contribution in [0, 0.1) is 6.92 Å². The minimum absolute atomic E-state index is 0.0415. The first-order valence-electron chi connectivity index (χ1n) is 16.2. The van der Waals surface area contributed by atoms with E-state index in [1.807, 2.05) is 30.5 Å². The van der Waals surface area contributed by atoms with Gasteiger partial charge in [0.1, 0.15) is 11.3 Å². The second-order valence-corrected chi connectivity index (χ2v) is 14.6. The van der Waals surface area contributed by atoms with Crippen LogP contribution in [0.3, 0.4) is 0 Å². The molecular formula is C43H40N2O2. The van der Waals surface area contributed by atoms with Gasteiger partial charge in [-0.3, -0.25) is 4.98 Å². The van der Waals surface area contributed by atoms with Crippen LogP contribution in [-0.4, -0.2) is 15.1 Å². The number of phenols is 1. The predicted octanol–water partition coefficient (Wildman–Crippen LogP) is 11.7. The highest BCUT2D eigenvalue weighted by Gasteiger charge is 2.21. The van der Waals surface area contributed by atoms with Crippen LogP contribution in [0.25, 0.3) is 66.8 Å². The Morgan fingerprint density at radius 2 is 1.23 bits per heavy atom. The summed E-state index contributed by atoms with van der Waals surface area (Å²) in [7, 11) is 0. The Morgan fingerprint density at radius 3 is 1.94 bits per heavy atom. The molecule has 0 aliphatic carbocycles. The smallest absolute Gasteiger partial charge is 0.231 e. The first kappa shape index (κ1) is 30.4. The van der Waals surface area contributed by atoms with E-state index in [2.05, 4.69) is 115 Å². The molecule has 0 aliphatic heterocycles. The van der Waals surface area contributed by atoms with Gasteiger partial charge in [-0.25, -0.2) is 4.98 Å². The fourth-order valence-corrected chi connectivity index (χ4v) is 6.26. The molecule has 0 bridgehead atoms. The van der Waals surface area contributed by atoms with Crippen LogP contribution in [0.15, 0.2) is 114 Å². The molecule has 0 amide bonds. The summed E-state index contributed by atoms with van der Waals surface area (Å²) in [6.45, 7) is 15.7. The Balaban J connectivity index is 1.50. The largest absolute Gasteiger partial charge is 0.507 e. The molecule has 5 aromatic carbocycles. The van der Waals surface area contributed by atoms with Crippen LogP contribution in [0.2, 0.25) is 0 Å². The van der Waals surface area contributed by atoms with Crippen LogP contribution in [-0.2, 0) is 10.8 Å². The normalized spacial score (nSPS) is 12.2. The van der Waals surface area contributed by atoms with E-state index in [0.717, 1.165) is 44.4 Å². The van der Waals surface area contributed by atoms with Gasteiger partial charge in [0, 0.05) is 22.7 Å². The molecule has 2 aromatic heterocycles. The van der Waals surface area contributed by atoms with Gasteiger partial charge in [-0.1, -0.05) is 90.1 Å².